The number of carbonyl (C=O) groups excluding carboxylic acids is 1. The van der Waals surface area contributed by atoms with Crippen LogP contribution in [0.25, 0.3) is 5.52 Å². The molecule has 0 aliphatic heterocycles. The molecule has 0 amide bonds. The Morgan fingerprint density at radius 3 is 2.76 bits per heavy atom. The third kappa shape index (κ3) is 1.56. The topological polar surface area (TPSA) is 54.5 Å². The minimum absolute atomic E-state index is 0.419. The minimum atomic E-state index is -0.419. The number of ether oxygens (including phenoxy) is 1. The summed E-state index contributed by atoms with van der Waals surface area (Å²) in [6.45, 7) is 3.90. The van der Waals surface area contributed by atoms with Crippen LogP contribution in [0.15, 0.2) is 18.3 Å². The first-order chi connectivity index (χ1) is 8.10. The van der Waals surface area contributed by atoms with Crippen molar-refractivity contribution in [2.75, 3.05) is 7.11 Å². The Bertz CT molecular complexity index is 647. The van der Waals surface area contributed by atoms with Gasteiger partial charge in [-0.25, -0.2) is 4.79 Å². The van der Waals surface area contributed by atoms with Gasteiger partial charge in [0.05, 0.1) is 18.2 Å². The highest BCUT2D eigenvalue weighted by Gasteiger charge is 2.18. The number of esters is 1. The molecular weight excluding hydrogens is 216 g/mol. The van der Waals surface area contributed by atoms with Crippen LogP contribution in [-0.4, -0.2) is 17.5 Å². The summed E-state index contributed by atoms with van der Waals surface area (Å²) in [4.78, 5) is 11.7. The molecule has 4 heteroatoms. The van der Waals surface area contributed by atoms with Crippen LogP contribution in [0.3, 0.4) is 0 Å². The van der Waals surface area contributed by atoms with E-state index in [1.807, 2.05) is 19.9 Å². The van der Waals surface area contributed by atoms with E-state index in [0.717, 1.165) is 16.6 Å². The lowest BCUT2D eigenvalue weighted by molar-refractivity contribution is 0.0603. The Balaban J connectivity index is 2.90. The van der Waals surface area contributed by atoms with E-state index in [4.69, 9.17) is 10.00 Å². The first kappa shape index (κ1) is 11.2. The number of aromatic nitrogens is 1. The van der Waals surface area contributed by atoms with Gasteiger partial charge in [-0.3, -0.25) is 0 Å². The van der Waals surface area contributed by atoms with Gasteiger partial charge in [0.25, 0.3) is 0 Å². The second-order valence-corrected chi connectivity index (χ2v) is 3.89. The van der Waals surface area contributed by atoms with Gasteiger partial charge in [0.2, 0.25) is 0 Å². The highest BCUT2D eigenvalue weighted by Crippen LogP contribution is 2.23. The lowest BCUT2D eigenvalue weighted by Gasteiger charge is -2.05. The maximum atomic E-state index is 11.7. The van der Waals surface area contributed by atoms with Crippen molar-refractivity contribution in [2.45, 2.75) is 13.8 Å². The Kier molecular flexibility index (Phi) is 2.60. The van der Waals surface area contributed by atoms with Crippen molar-refractivity contribution in [3.63, 3.8) is 0 Å². The van der Waals surface area contributed by atoms with Crippen LogP contribution >= 0.6 is 0 Å². The van der Waals surface area contributed by atoms with Gasteiger partial charge >= 0.3 is 5.97 Å². The van der Waals surface area contributed by atoms with E-state index in [1.165, 1.54) is 7.11 Å². The quantitative estimate of drug-likeness (QED) is 0.703. The Hall–Kier alpha value is -2.28. The highest BCUT2D eigenvalue weighted by atomic mass is 16.5. The molecule has 0 spiro atoms. The van der Waals surface area contributed by atoms with Crippen LogP contribution in [0.4, 0.5) is 0 Å². The normalized spacial score (nSPS) is 10.2. The molecule has 0 saturated carbocycles. The van der Waals surface area contributed by atoms with Crippen molar-refractivity contribution in [2.24, 2.45) is 0 Å². The molecule has 86 valence electrons. The van der Waals surface area contributed by atoms with E-state index in [1.54, 1.807) is 16.7 Å². The molecule has 0 saturated heterocycles. The fourth-order valence-corrected chi connectivity index (χ4v) is 1.91. The predicted molar refractivity (Wildman–Crippen MR) is 62.9 cm³/mol. The van der Waals surface area contributed by atoms with Gasteiger partial charge in [0, 0.05) is 6.20 Å². The highest BCUT2D eigenvalue weighted by molar-refractivity contribution is 5.99. The maximum Gasteiger partial charge on any atom is 0.340 e. The van der Waals surface area contributed by atoms with Gasteiger partial charge in [-0.05, 0) is 37.1 Å². The van der Waals surface area contributed by atoms with Crippen molar-refractivity contribution < 1.29 is 9.53 Å². The molecule has 2 aromatic rings. The minimum Gasteiger partial charge on any atom is -0.465 e. The largest absolute Gasteiger partial charge is 0.465 e. The number of hydrogen-bond acceptors (Lipinski definition) is 3. The molecule has 17 heavy (non-hydrogen) atoms. The van der Waals surface area contributed by atoms with Crippen molar-refractivity contribution in [1.82, 2.24) is 4.40 Å². The second-order valence-electron chi connectivity index (χ2n) is 3.89. The average Bonchev–Trinajstić information content (AvgIpc) is 2.72. The molecule has 4 nitrogen and oxygen atoms in total. The average molecular weight is 228 g/mol. The van der Waals surface area contributed by atoms with Crippen molar-refractivity contribution in [1.29, 1.82) is 5.26 Å². The van der Waals surface area contributed by atoms with Crippen LogP contribution in [0.5, 0.6) is 0 Å². The zero-order chi connectivity index (χ0) is 12.6. The maximum absolute atomic E-state index is 11.7. The van der Waals surface area contributed by atoms with Gasteiger partial charge in [-0.2, -0.15) is 5.26 Å². The number of methoxy groups -OCH3 is 1. The third-order valence-corrected chi connectivity index (χ3v) is 2.98. The molecule has 0 fully saturated rings. The number of nitrogens with zero attached hydrogens (tertiary/aromatic N) is 2. The summed E-state index contributed by atoms with van der Waals surface area (Å²) in [5.41, 5.74) is 3.67. The summed E-state index contributed by atoms with van der Waals surface area (Å²) in [6, 6.07) is 5.56. The van der Waals surface area contributed by atoms with E-state index in [2.05, 4.69) is 6.07 Å². The number of rotatable bonds is 1. The molecule has 0 radical (unpaired) electrons. The lowest BCUT2D eigenvalue weighted by atomic mass is 10.1. The van der Waals surface area contributed by atoms with Gasteiger partial charge < -0.3 is 9.14 Å². The van der Waals surface area contributed by atoms with Gasteiger partial charge in [0.1, 0.15) is 11.8 Å². The summed E-state index contributed by atoms with van der Waals surface area (Å²) in [6.07, 6.45) is 1.79. The molecule has 0 bridgehead atoms. The number of pyridine rings is 1. The fraction of sp³-hybridized carbons (Fsp3) is 0.231. The standard InChI is InChI=1S/C13H12N2O2/c1-8-4-5-15-10(7-14)6-11(13(16)17-3)12(15)9(8)2/h4-6H,1-3H3. The summed E-state index contributed by atoms with van der Waals surface area (Å²) in [5.74, 6) is -0.419. The number of fused-ring (bicyclic) bond motifs is 1. The molecule has 0 atom stereocenters. The summed E-state index contributed by atoms with van der Waals surface area (Å²) in [7, 11) is 1.34. The van der Waals surface area contributed by atoms with Crippen molar-refractivity contribution in [3.8, 4) is 6.07 Å². The number of nitriles is 1. The first-order valence-electron chi connectivity index (χ1n) is 5.19. The molecule has 0 aliphatic carbocycles. The smallest absolute Gasteiger partial charge is 0.340 e. The van der Waals surface area contributed by atoms with E-state index in [9.17, 15) is 4.79 Å². The number of aryl methyl sites for hydroxylation is 2. The number of carbonyl (C=O) groups is 1. The summed E-state index contributed by atoms with van der Waals surface area (Å²) in [5, 5.41) is 9.04. The summed E-state index contributed by atoms with van der Waals surface area (Å²) < 4.78 is 6.45. The van der Waals surface area contributed by atoms with E-state index in [0.29, 0.717) is 11.3 Å². The van der Waals surface area contributed by atoms with Crippen molar-refractivity contribution >= 4 is 11.5 Å². The molecule has 2 rings (SSSR count). The molecule has 0 aliphatic rings. The van der Waals surface area contributed by atoms with Crippen LogP contribution in [0.1, 0.15) is 27.2 Å². The predicted octanol–water partition coefficient (Wildman–Crippen LogP) is 2.21. The molecule has 0 aromatic carbocycles. The van der Waals surface area contributed by atoms with Crippen molar-refractivity contribution in [3.05, 3.63) is 40.7 Å². The van der Waals surface area contributed by atoms with Crippen LogP contribution in [0, 0.1) is 25.2 Å². The number of hydrogen-bond donors (Lipinski definition) is 0. The van der Waals surface area contributed by atoms with Gasteiger partial charge in [0.15, 0.2) is 0 Å². The Morgan fingerprint density at radius 2 is 2.18 bits per heavy atom. The zero-order valence-corrected chi connectivity index (χ0v) is 9.94. The van der Waals surface area contributed by atoms with E-state index >= 15 is 0 Å². The van der Waals surface area contributed by atoms with Gasteiger partial charge in [-0.15, -0.1) is 0 Å². The SMILES string of the molecule is COC(=O)c1cc(C#N)n2ccc(C)c(C)c12. The fourth-order valence-electron chi connectivity index (χ4n) is 1.91. The second kappa shape index (κ2) is 3.95. The molecule has 0 N–H and O–H groups in total. The Morgan fingerprint density at radius 1 is 1.47 bits per heavy atom. The zero-order valence-electron chi connectivity index (χ0n) is 9.94. The van der Waals surface area contributed by atoms with Crippen LogP contribution in [0.2, 0.25) is 0 Å². The molecule has 2 aromatic heterocycles. The van der Waals surface area contributed by atoms with Crippen LogP contribution in [-0.2, 0) is 4.74 Å². The van der Waals surface area contributed by atoms with E-state index in [-0.39, 0.29) is 0 Å². The first-order valence-corrected chi connectivity index (χ1v) is 5.19. The lowest BCUT2D eigenvalue weighted by Crippen LogP contribution is -2.02. The summed E-state index contributed by atoms with van der Waals surface area (Å²) >= 11 is 0. The molecular formula is C13H12N2O2. The Labute approximate surface area is 99.0 Å². The molecule has 2 heterocycles. The van der Waals surface area contributed by atoms with Crippen LogP contribution < -0.4 is 0 Å². The van der Waals surface area contributed by atoms with Gasteiger partial charge in [-0.1, -0.05) is 0 Å². The third-order valence-electron chi connectivity index (χ3n) is 2.98. The monoisotopic (exact) mass is 228 g/mol. The van der Waals surface area contributed by atoms with E-state index < -0.39 is 5.97 Å². The molecule has 0 unspecified atom stereocenters.